The number of hydrogen-bond acceptors (Lipinski definition) is 6. The second-order valence-electron chi connectivity index (χ2n) is 8.35. The Hall–Kier alpha value is -2.30. The van der Waals surface area contributed by atoms with Gasteiger partial charge in [-0.2, -0.15) is 0 Å². The van der Waals surface area contributed by atoms with Crippen LogP contribution in [-0.2, 0) is 32.6 Å². The zero-order valence-electron chi connectivity index (χ0n) is 18.7. The van der Waals surface area contributed by atoms with Crippen molar-refractivity contribution in [2.75, 3.05) is 39.5 Å². The lowest BCUT2D eigenvalue weighted by atomic mass is 10.1. The Morgan fingerprint density at radius 2 is 1.82 bits per heavy atom. The number of benzene rings is 2. The summed E-state index contributed by atoms with van der Waals surface area (Å²) in [6, 6.07) is 14.1. The number of morpholine rings is 1. The van der Waals surface area contributed by atoms with Gasteiger partial charge in [-0.15, -0.1) is 0 Å². The summed E-state index contributed by atoms with van der Waals surface area (Å²) in [7, 11) is -3.72. The summed E-state index contributed by atoms with van der Waals surface area (Å²) in [4.78, 5) is 15.2. The number of carbonyl (C=O) groups is 1. The van der Waals surface area contributed by atoms with Crippen LogP contribution in [0, 0.1) is 0 Å². The van der Waals surface area contributed by atoms with Gasteiger partial charge in [-0.1, -0.05) is 30.3 Å². The second kappa shape index (κ2) is 11.2. The highest BCUT2D eigenvalue weighted by Gasteiger charge is 2.21. The minimum absolute atomic E-state index is 0.0702. The highest BCUT2D eigenvalue weighted by Crippen LogP contribution is 2.16. The van der Waals surface area contributed by atoms with E-state index in [2.05, 4.69) is 21.0 Å². The standard InChI is InChI=1S/C24H31N3O5S/c28-24(25-16-20-5-1-2-6-21(20)18-27-10-13-31-14-11-27)19-7-3-9-23(15-19)33(29,30)26-17-22-8-4-12-32-22/h1-3,5-7,9,15,22,26H,4,8,10-14,16-18H2,(H,25,28)/t22-/m1/s1. The van der Waals surface area contributed by atoms with Crippen LogP contribution in [0.25, 0.3) is 0 Å². The summed E-state index contributed by atoms with van der Waals surface area (Å²) < 4.78 is 38.8. The number of hydrogen-bond donors (Lipinski definition) is 2. The monoisotopic (exact) mass is 473 g/mol. The largest absolute Gasteiger partial charge is 0.379 e. The fraction of sp³-hybridized carbons (Fsp3) is 0.458. The first-order valence-electron chi connectivity index (χ1n) is 11.4. The van der Waals surface area contributed by atoms with E-state index in [1.165, 1.54) is 12.1 Å². The maximum atomic E-state index is 12.8. The molecule has 8 nitrogen and oxygen atoms in total. The molecule has 0 bridgehead atoms. The number of sulfonamides is 1. The Balaban J connectivity index is 1.37. The zero-order chi connectivity index (χ0) is 23.1. The van der Waals surface area contributed by atoms with Gasteiger partial charge in [0, 0.05) is 44.9 Å². The van der Waals surface area contributed by atoms with Crippen molar-refractivity contribution < 1.29 is 22.7 Å². The van der Waals surface area contributed by atoms with Crippen LogP contribution in [0.15, 0.2) is 53.4 Å². The predicted molar refractivity (Wildman–Crippen MR) is 124 cm³/mol. The average Bonchev–Trinajstić information content (AvgIpc) is 3.37. The molecular formula is C24H31N3O5S. The van der Waals surface area contributed by atoms with Crippen molar-refractivity contribution >= 4 is 15.9 Å². The first kappa shape index (κ1) is 23.8. The van der Waals surface area contributed by atoms with E-state index in [0.29, 0.717) is 18.7 Å². The van der Waals surface area contributed by atoms with Crippen molar-refractivity contribution in [1.29, 1.82) is 0 Å². The molecule has 2 aromatic carbocycles. The number of ether oxygens (including phenoxy) is 2. The number of rotatable bonds is 9. The number of nitrogens with zero attached hydrogens (tertiary/aromatic N) is 1. The van der Waals surface area contributed by atoms with Crippen LogP contribution in [0.2, 0.25) is 0 Å². The molecule has 2 fully saturated rings. The summed E-state index contributed by atoms with van der Waals surface area (Å²) in [6.45, 7) is 5.33. The molecular weight excluding hydrogens is 442 g/mol. The van der Waals surface area contributed by atoms with Gasteiger partial charge in [-0.25, -0.2) is 13.1 Å². The lowest BCUT2D eigenvalue weighted by molar-refractivity contribution is 0.0340. The van der Waals surface area contributed by atoms with E-state index in [-0.39, 0.29) is 23.5 Å². The molecule has 4 rings (SSSR count). The SMILES string of the molecule is O=C(NCc1ccccc1CN1CCOCC1)c1cccc(S(=O)(=O)NC[C@H]2CCCO2)c1. The normalized spacial score (nSPS) is 19.5. The summed E-state index contributed by atoms with van der Waals surface area (Å²) >= 11 is 0. The van der Waals surface area contributed by atoms with Gasteiger partial charge >= 0.3 is 0 Å². The van der Waals surface area contributed by atoms with Gasteiger partial charge in [0.25, 0.3) is 5.91 Å². The third-order valence-corrected chi connectivity index (χ3v) is 7.41. The highest BCUT2D eigenvalue weighted by atomic mass is 32.2. The van der Waals surface area contributed by atoms with Crippen LogP contribution in [0.1, 0.15) is 34.3 Å². The molecule has 2 aliphatic rings. The van der Waals surface area contributed by atoms with Crippen LogP contribution in [-0.4, -0.2) is 64.8 Å². The Kier molecular flexibility index (Phi) is 8.11. The van der Waals surface area contributed by atoms with Crippen LogP contribution in [0.3, 0.4) is 0 Å². The van der Waals surface area contributed by atoms with Crippen molar-refractivity contribution in [2.24, 2.45) is 0 Å². The van der Waals surface area contributed by atoms with Gasteiger partial charge in [0.15, 0.2) is 0 Å². The van der Waals surface area contributed by atoms with Crippen molar-refractivity contribution in [3.63, 3.8) is 0 Å². The molecule has 0 aliphatic carbocycles. The van der Waals surface area contributed by atoms with Crippen molar-refractivity contribution in [3.05, 3.63) is 65.2 Å². The third-order valence-electron chi connectivity index (χ3n) is 5.99. The van der Waals surface area contributed by atoms with Crippen LogP contribution in [0.5, 0.6) is 0 Å². The Morgan fingerprint density at radius 3 is 2.58 bits per heavy atom. The second-order valence-corrected chi connectivity index (χ2v) is 10.1. The fourth-order valence-corrected chi connectivity index (χ4v) is 5.17. The Morgan fingerprint density at radius 1 is 1.03 bits per heavy atom. The van der Waals surface area contributed by atoms with E-state index < -0.39 is 10.0 Å². The van der Waals surface area contributed by atoms with Gasteiger partial charge < -0.3 is 14.8 Å². The van der Waals surface area contributed by atoms with E-state index in [1.807, 2.05) is 18.2 Å². The average molecular weight is 474 g/mol. The molecule has 0 aromatic heterocycles. The minimum atomic E-state index is -3.72. The quantitative estimate of drug-likeness (QED) is 0.578. The smallest absolute Gasteiger partial charge is 0.251 e. The molecule has 2 aromatic rings. The highest BCUT2D eigenvalue weighted by molar-refractivity contribution is 7.89. The molecule has 33 heavy (non-hydrogen) atoms. The van der Waals surface area contributed by atoms with E-state index in [9.17, 15) is 13.2 Å². The summed E-state index contributed by atoms with van der Waals surface area (Å²) in [5.41, 5.74) is 2.51. The van der Waals surface area contributed by atoms with E-state index >= 15 is 0 Å². The molecule has 1 atom stereocenters. The molecule has 0 radical (unpaired) electrons. The van der Waals surface area contributed by atoms with E-state index in [0.717, 1.165) is 56.8 Å². The maximum Gasteiger partial charge on any atom is 0.251 e. The molecule has 2 N–H and O–H groups in total. The molecule has 2 aliphatic heterocycles. The minimum Gasteiger partial charge on any atom is -0.379 e. The Labute approximate surface area is 195 Å². The molecule has 2 saturated heterocycles. The van der Waals surface area contributed by atoms with Gasteiger partial charge in [-0.05, 0) is 42.2 Å². The fourth-order valence-electron chi connectivity index (χ4n) is 4.06. The molecule has 1 amide bonds. The first-order valence-corrected chi connectivity index (χ1v) is 12.9. The lowest BCUT2D eigenvalue weighted by Crippen LogP contribution is -2.36. The summed E-state index contributed by atoms with van der Waals surface area (Å²) in [5, 5.41) is 2.93. The maximum absolute atomic E-state index is 12.8. The van der Waals surface area contributed by atoms with E-state index in [1.54, 1.807) is 12.1 Å². The predicted octanol–water partition coefficient (Wildman–Crippen LogP) is 1.91. The van der Waals surface area contributed by atoms with Gasteiger partial charge in [0.05, 0.1) is 24.2 Å². The summed E-state index contributed by atoms with van der Waals surface area (Å²) in [6.07, 6.45) is 1.69. The van der Waals surface area contributed by atoms with E-state index in [4.69, 9.17) is 9.47 Å². The molecule has 178 valence electrons. The van der Waals surface area contributed by atoms with Crippen molar-refractivity contribution in [1.82, 2.24) is 14.9 Å². The number of amides is 1. The molecule has 0 unspecified atom stereocenters. The number of nitrogens with one attached hydrogen (secondary N) is 2. The molecule has 0 saturated carbocycles. The van der Waals surface area contributed by atoms with Crippen molar-refractivity contribution in [2.45, 2.75) is 36.9 Å². The van der Waals surface area contributed by atoms with Crippen LogP contribution < -0.4 is 10.0 Å². The molecule has 0 spiro atoms. The van der Waals surface area contributed by atoms with Gasteiger partial charge in [0.1, 0.15) is 0 Å². The molecule has 9 heteroatoms. The van der Waals surface area contributed by atoms with Gasteiger partial charge in [0.2, 0.25) is 10.0 Å². The number of carbonyl (C=O) groups excluding carboxylic acids is 1. The van der Waals surface area contributed by atoms with Crippen molar-refractivity contribution in [3.8, 4) is 0 Å². The summed E-state index contributed by atoms with van der Waals surface area (Å²) in [5.74, 6) is -0.313. The molecule has 2 heterocycles. The van der Waals surface area contributed by atoms with Crippen LogP contribution in [0.4, 0.5) is 0 Å². The van der Waals surface area contributed by atoms with Gasteiger partial charge in [-0.3, -0.25) is 9.69 Å². The lowest BCUT2D eigenvalue weighted by Gasteiger charge is -2.27. The third kappa shape index (κ3) is 6.61. The Bertz CT molecular complexity index is 1050. The van der Waals surface area contributed by atoms with Crippen LogP contribution >= 0.6 is 0 Å². The first-order chi connectivity index (χ1) is 16.0. The zero-order valence-corrected chi connectivity index (χ0v) is 19.5. The topological polar surface area (TPSA) is 97.0 Å².